The van der Waals surface area contributed by atoms with Crippen molar-refractivity contribution in [2.45, 2.75) is 33.1 Å². The van der Waals surface area contributed by atoms with Crippen LogP contribution in [-0.4, -0.2) is 18.4 Å². The lowest BCUT2D eigenvalue weighted by atomic mass is 9.86. The number of esters is 1. The normalized spacial score (nSPS) is 18.3. The Morgan fingerprint density at radius 3 is 2.83 bits per heavy atom. The van der Waals surface area contributed by atoms with Gasteiger partial charge in [0.15, 0.2) is 0 Å². The summed E-state index contributed by atoms with van der Waals surface area (Å²) in [6.07, 6.45) is 2.98. The number of hydrogen-bond acceptors (Lipinski definition) is 4. The fourth-order valence-electron chi connectivity index (χ4n) is 2.25. The van der Waals surface area contributed by atoms with E-state index in [-0.39, 0.29) is 6.61 Å². The molecule has 0 amide bonds. The summed E-state index contributed by atoms with van der Waals surface area (Å²) < 4.78 is 5.77. The van der Waals surface area contributed by atoms with Gasteiger partial charge >= 0.3 is 5.97 Å². The van der Waals surface area contributed by atoms with E-state index >= 15 is 0 Å². The van der Waals surface area contributed by atoms with Crippen molar-refractivity contribution in [1.82, 2.24) is 0 Å². The molecule has 0 saturated carbocycles. The minimum absolute atomic E-state index is 0.232. The van der Waals surface area contributed by atoms with Crippen LogP contribution in [0, 0.1) is 5.92 Å². The number of ether oxygens (including phenoxy) is 1. The summed E-state index contributed by atoms with van der Waals surface area (Å²) in [6, 6.07) is 0. The molecule has 0 N–H and O–H groups in total. The maximum absolute atomic E-state index is 12.0. The summed E-state index contributed by atoms with van der Waals surface area (Å²) >= 11 is 4.85. The van der Waals surface area contributed by atoms with Gasteiger partial charge in [0.1, 0.15) is 0 Å². The number of thiophene rings is 1. The fraction of sp³-hybridized carbons (Fsp3) is 0.538. The molecule has 1 heterocycles. The smallest absolute Gasteiger partial charge is 0.380 e. The first kappa shape index (κ1) is 13.7. The Morgan fingerprint density at radius 2 is 2.17 bits per heavy atom. The average molecular weight is 331 g/mol. The molecule has 0 aliphatic heterocycles. The van der Waals surface area contributed by atoms with E-state index in [4.69, 9.17) is 4.74 Å². The van der Waals surface area contributed by atoms with Gasteiger partial charge in [0.05, 0.1) is 15.3 Å². The number of ketones is 1. The second-order valence-electron chi connectivity index (χ2n) is 4.56. The van der Waals surface area contributed by atoms with Crippen LogP contribution in [0.25, 0.3) is 0 Å². The average Bonchev–Trinajstić information content (AvgIpc) is 2.65. The SMILES string of the molecule is CCOC(=O)C(=O)c1sc(Br)c2c1CC(C)CC2. The van der Waals surface area contributed by atoms with Crippen LogP contribution in [0.5, 0.6) is 0 Å². The number of Topliss-reactive ketones (excluding diaryl/α,β-unsaturated/α-hetero) is 1. The summed E-state index contributed by atoms with van der Waals surface area (Å²) in [6.45, 7) is 4.11. The molecule has 0 radical (unpaired) electrons. The highest BCUT2D eigenvalue weighted by atomic mass is 79.9. The van der Waals surface area contributed by atoms with Gasteiger partial charge in [0.25, 0.3) is 5.78 Å². The van der Waals surface area contributed by atoms with Crippen LogP contribution in [0.2, 0.25) is 0 Å². The van der Waals surface area contributed by atoms with Crippen LogP contribution in [0.3, 0.4) is 0 Å². The first-order valence-corrected chi connectivity index (χ1v) is 7.67. The number of rotatable bonds is 3. The van der Waals surface area contributed by atoms with Gasteiger partial charge in [-0.15, -0.1) is 11.3 Å². The summed E-state index contributed by atoms with van der Waals surface area (Å²) in [5.74, 6) is -0.682. The van der Waals surface area contributed by atoms with Gasteiger partial charge in [-0.25, -0.2) is 4.79 Å². The molecule has 3 nitrogen and oxygen atoms in total. The Labute approximate surface area is 119 Å². The molecule has 18 heavy (non-hydrogen) atoms. The first-order valence-electron chi connectivity index (χ1n) is 6.06. The van der Waals surface area contributed by atoms with Crippen molar-refractivity contribution < 1.29 is 14.3 Å². The van der Waals surface area contributed by atoms with E-state index < -0.39 is 11.8 Å². The minimum atomic E-state index is -0.743. The molecule has 1 unspecified atom stereocenters. The number of hydrogen-bond donors (Lipinski definition) is 0. The Kier molecular flexibility index (Phi) is 4.22. The molecule has 1 aliphatic rings. The third-order valence-electron chi connectivity index (χ3n) is 3.17. The lowest BCUT2D eigenvalue weighted by Gasteiger charge is -2.19. The van der Waals surface area contributed by atoms with Crippen LogP contribution < -0.4 is 0 Å². The van der Waals surface area contributed by atoms with E-state index in [0.29, 0.717) is 10.8 Å². The molecular weight excluding hydrogens is 316 g/mol. The predicted molar refractivity (Wildman–Crippen MR) is 74.2 cm³/mol. The lowest BCUT2D eigenvalue weighted by Crippen LogP contribution is -2.19. The number of fused-ring (bicyclic) bond motifs is 1. The molecule has 0 spiro atoms. The maximum Gasteiger partial charge on any atom is 0.380 e. The van der Waals surface area contributed by atoms with Crippen LogP contribution in [0.1, 0.15) is 41.1 Å². The molecule has 1 atom stereocenters. The third-order valence-corrected chi connectivity index (χ3v) is 5.20. The number of carbonyl (C=O) groups excluding carboxylic acids is 2. The highest BCUT2D eigenvalue weighted by Gasteiger charge is 2.29. The molecule has 1 aliphatic carbocycles. The molecule has 98 valence electrons. The minimum Gasteiger partial charge on any atom is -0.460 e. The van der Waals surface area contributed by atoms with Crippen molar-refractivity contribution in [3.8, 4) is 0 Å². The summed E-state index contributed by atoms with van der Waals surface area (Å²) in [5.41, 5.74) is 2.24. The standard InChI is InChI=1S/C13H15BrO3S/c1-3-17-13(16)10(15)11-9-6-7(2)4-5-8(9)12(14)18-11/h7H,3-6H2,1-2H3. The van der Waals surface area contributed by atoms with E-state index in [1.165, 1.54) is 16.9 Å². The summed E-state index contributed by atoms with van der Waals surface area (Å²) in [5, 5.41) is 0. The Balaban J connectivity index is 2.34. The molecule has 1 aromatic rings. The second kappa shape index (κ2) is 5.53. The zero-order chi connectivity index (χ0) is 13.3. The van der Waals surface area contributed by atoms with Gasteiger partial charge in [-0.05, 0) is 59.2 Å². The number of carbonyl (C=O) groups is 2. The zero-order valence-corrected chi connectivity index (χ0v) is 12.8. The highest BCUT2D eigenvalue weighted by Crippen LogP contribution is 2.39. The van der Waals surface area contributed by atoms with Gasteiger partial charge in [-0.3, -0.25) is 4.79 Å². The summed E-state index contributed by atoms with van der Waals surface area (Å²) in [7, 11) is 0. The van der Waals surface area contributed by atoms with E-state index in [9.17, 15) is 9.59 Å². The predicted octanol–water partition coefficient (Wildman–Crippen LogP) is 3.38. The van der Waals surface area contributed by atoms with Crippen LogP contribution in [0.15, 0.2) is 3.79 Å². The topological polar surface area (TPSA) is 43.4 Å². The molecular formula is C13H15BrO3S. The van der Waals surface area contributed by atoms with Gasteiger partial charge in [0, 0.05) is 0 Å². The van der Waals surface area contributed by atoms with E-state index in [0.717, 1.165) is 28.6 Å². The van der Waals surface area contributed by atoms with Gasteiger partial charge in [0.2, 0.25) is 0 Å². The quantitative estimate of drug-likeness (QED) is 0.484. The van der Waals surface area contributed by atoms with Gasteiger partial charge in [-0.1, -0.05) is 6.92 Å². The van der Waals surface area contributed by atoms with E-state index in [1.54, 1.807) is 6.92 Å². The number of halogens is 1. The Bertz CT molecular complexity index is 493. The third kappa shape index (κ3) is 2.52. The molecule has 5 heteroatoms. The Morgan fingerprint density at radius 1 is 1.44 bits per heavy atom. The first-order chi connectivity index (χ1) is 8.54. The van der Waals surface area contributed by atoms with Crippen molar-refractivity contribution in [2.75, 3.05) is 6.61 Å². The van der Waals surface area contributed by atoms with E-state index in [1.807, 2.05) is 0 Å². The van der Waals surface area contributed by atoms with Crippen molar-refractivity contribution in [1.29, 1.82) is 0 Å². The zero-order valence-electron chi connectivity index (χ0n) is 10.4. The van der Waals surface area contributed by atoms with Crippen LogP contribution in [0.4, 0.5) is 0 Å². The highest BCUT2D eigenvalue weighted by molar-refractivity contribution is 9.11. The van der Waals surface area contributed by atoms with Crippen molar-refractivity contribution in [2.24, 2.45) is 5.92 Å². The van der Waals surface area contributed by atoms with Crippen molar-refractivity contribution in [3.63, 3.8) is 0 Å². The molecule has 1 aromatic heterocycles. The molecule has 0 aromatic carbocycles. The molecule has 0 bridgehead atoms. The fourth-order valence-corrected chi connectivity index (χ4v) is 4.20. The van der Waals surface area contributed by atoms with Crippen molar-refractivity contribution in [3.05, 3.63) is 19.8 Å². The summed E-state index contributed by atoms with van der Waals surface area (Å²) in [4.78, 5) is 24.1. The largest absolute Gasteiger partial charge is 0.460 e. The van der Waals surface area contributed by atoms with Gasteiger partial charge < -0.3 is 4.74 Å². The molecule has 0 saturated heterocycles. The Hall–Kier alpha value is -0.680. The maximum atomic E-state index is 12.0. The van der Waals surface area contributed by atoms with Crippen LogP contribution in [-0.2, 0) is 22.4 Å². The molecule has 0 fully saturated rings. The molecule has 2 rings (SSSR count). The van der Waals surface area contributed by atoms with Crippen molar-refractivity contribution >= 4 is 39.0 Å². The monoisotopic (exact) mass is 330 g/mol. The van der Waals surface area contributed by atoms with E-state index in [2.05, 4.69) is 22.9 Å². The van der Waals surface area contributed by atoms with Crippen LogP contribution >= 0.6 is 27.3 Å². The van der Waals surface area contributed by atoms with Gasteiger partial charge in [-0.2, -0.15) is 0 Å². The second-order valence-corrected chi connectivity index (χ2v) is 6.90. The lowest BCUT2D eigenvalue weighted by molar-refractivity contribution is -0.137.